The Balaban J connectivity index is 3.91. The van der Waals surface area contributed by atoms with Crippen LogP contribution in [0.2, 0.25) is 0 Å². The molecule has 0 saturated carbocycles. The Labute approximate surface area is 110 Å². The fourth-order valence-corrected chi connectivity index (χ4v) is 1.74. The largest absolute Gasteiger partial charge is 0.356 e. The van der Waals surface area contributed by atoms with E-state index in [-0.39, 0.29) is 11.8 Å². The fraction of sp³-hybridized carbons (Fsp3) is 0.846. The van der Waals surface area contributed by atoms with E-state index in [1.807, 2.05) is 13.8 Å². The minimum absolute atomic E-state index is 0.0802. The van der Waals surface area contributed by atoms with E-state index in [1.54, 1.807) is 0 Å². The molecule has 5 nitrogen and oxygen atoms in total. The van der Waals surface area contributed by atoms with Crippen LogP contribution >= 0.6 is 0 Å². The van der Waals surface area contributed by atoms with Gasteiger partial charge in [0.2, 0.25) is 11.8 Å². The maximum atomic E-state index is 11.4. The highest BCUT2D eigenvalue weighted by atomic mass is 16.2. The highest BCUT2D eigenvalue weighted by Gasteiger charge is 2.09. The molecule has 2 amide bonds. The second-order valence-corrected chi connectivity index (χ2v) is 4.25. The van der Waals surface area contributed by atoms with Gasteiger partial charge >= 0.3 is 0 Å². The molecule has 0 aliphatic rings. The van der Waals surface area contributed by atoms with E-state index in [9.17, 15) is 9.59 Å². The van der Waals surface area contributed by atoms with Gasteiger partial charge in [0, 0.05) is 39.0 Å². The monoisotopic (exact) mass is 257 g/mol. The number of hydrogen-bond acceptors (Lipinski definition) is 3. The molecule has 18 heavy (non-hydrogen) atoms. The van der Waals surface area contributed by atoms with Crippen molar-refractivity contribution in [2.45, 2.75) is 40.0 Å². The lowest BCUT2D eigenvalue weighted by atomic mass is 10.3. The summed E-state index contributed by atoms with van der Waals surface area (Å²) in [6.07, 6.45) is 2.04. The molecule has 2 N–H and O–H groups in total. The van der Waals surface area contributed by atoms with E-state index >= 15 is 0 Å². The molecule has 0 bridgehead atoms. The maximum absolute atomic E-state index is 11.4. The van der Waals surface area contributed by atoms with Gasteiger partial charge in [0.05, 0.1) is 0 Å². The van der Waals surface area contributed by atoms with Gasteiger partial charge in [-0.05, 0) is 26.8 Å². The molecule has 0 spiro atoms. The molecule has 0 fully saturated rings. The van der Waals surface area contributed by atoms with E-state index in [0.717, 1.165) is 26.1 Å². The Bertz CT molecular complexity index is 222. The average molecular weight is 257 g/mol. The molecule has 0 aromatic rings. The zero-order valence-electron chi connectivity index (χ0n) is 11.9. The van der Waals surface area contributed by atoms with Gasteiger partial charge in [-0.25, -0.2) is 0 Å². The van der Waals surface area contributed by atoms with Crippen molar-refractivity contribution in [1.29, 1.82) is 0 Å². The number of carbonyl (C=O) groups is 2. The lowest BCUT2D eigenvalue weighted by Crippen LogP contribution is -2.34. The van der Waals surface area contributed by atoms with Gasteiger partial charge in [0.1, 0.15) is 0 Å². The SMILES string of the molecule is CCCN(CCC(=O)NCC)CCC(=O)NCC. The Kier molecular flexibility index (Phi) is 10.3. The van der Waals surface area contributed by atoms with Crippen LogP contribution in [0.25, 0.3) is 0 Å². The number of carbonyl (C=O) groups excluding carboxylic acids is 2. The minimum atomic E-state index is 0.0802. The molecular weight excluding hydrogens is 230 g/mol. The topological polar surface area (TPSA) is 61.4 Å². The molecular formula is C13H27N3O2. The lowest BCUT2D eigenvalue weighted by Gasteiger charge is -2.21. The van der Waals surface area contributed by atoms with Gasteiger partial charge in [-0.2, -0.15) is 0 Å². The van der Waals surface area contributed by atoms with Crippen LogP contribution in [0.15, 0.2) is 0 Å². The third kappa shape index (κ3) is 8.98. The molecule has 0 unspecified atom stereocenters. The molecule has 0 aromatic carbocycles. The van der Waals surface area contributed by atoms with Crippen molar-refractivity contribution < 1.29 is 9.59 Å². The third-order valence-corrected chi connectivity index (χ3v) is 2.60. The van der Waals surface area contributed by atoms with Gasteiger partial charge in [0.15, 0.2) is 0 Å². The quantitative estimate of drug-likeness (QED) is 0.607. The van der Waals surface area contributed by atoms with Gasteiger partial charge in [-0.3, -0.25) is 9.59 Å². The van der Waals surface area contributed by atoms with Gasteiger partial charge in [-0.1, -0.05) is 6.92 Å². The highest BCUT2D eigenvalue weighted by molar-refractivity contribution is 5.76. The van der Waals surface area contributed by atoms with Crippen molar-refractivity contribution in [3.63, 3.8) is 0 Å². The van der Waals surface area contributed by atoms with Crippen molar-refractivity contribution in [1.82, 2.24) is 15.5 Å². The molecule has 0 aromatic heterocycles. The summed E-state index contributed by atoms with van der Waals surface area (Å²) in [5, 5.41) is 5.57. The maximum Gasteiger partial charge on any atom is 0.221 e. The number of nitrogens with zero attached hydrogens (tertiary/aromatic N) is 1. The lowest BCUT2D eigenvalue weighted by molar-refractivity contribution is -0.121. The van der Waals surface area contributed by atoms with Gasteiger partial charge in [-0.15, -0.1) is 0 Å². The predicted octanol–water partition coefficient (Wildman–Crippen LogP) is 0.751. The van der Waals surface area contributed by atoms with Crippen LogP contribution in [-0.2, 0) is 9.59 Å². The van der Waals surface area contributed by atoms with E-state index < -0.39 is 0 Å². The first kappa shape index (κ1) is 16.9. The first-order valence-corrected chi connectivity index (χ1v) is 6.89. The first-order valence-electron chi connectivity index (χ1n) is 6.89. The van der Waals surface area contributed by atoms with Crippen molar-refractivity contribution in [2.75, 3.05) is 32.7 Å². The molecule has 0 saturated heterocycles. The van der Waals surface area contributed by atoms with Crippen LogP contribution in [-0.4, -0.2) is 49.4 Å². The van der Waals surface area contributed by atoms with E-state index in [4.69, 9.17) is 0 Å². The van der Waals surface area contributed by atoms with Crippen LogP contribution in [0.3, 0.4) is 0 Å². The zero-order chi connectivity index (χ0) is 13.8. The van der Waals surface area contributed by atoms with E-state index in [1.165, 1.54) is 0 Å². The minimum Gasteiger partial charge on any atom is -0.356 e. The van der Waals surface area contributed by atoms with E-state index in [0.29, 0.717) is 25.9 Å². The molecule has 0 rings (SSSR count). The number of amides is 2. The van der Waals surface area contributed by atoms with Crippen molar-refractivity contribution in [2.24, 2.45) is 0 Å². The summed E-state index contributed by atoms with van der Waals surface area (Å²) >= 11 is 0. The Hall–Kier alpha value is -1.10. The summed E-state index contributed by atoms with van der Waals surface area (Å²) < 4.78 is 0. The van der Waals surface area contributed by atoms with Crippen molar-refractivity contribution in [3.8, 4) is 0 Å². The molecule has 0 heterocycles. The standard InChI is InChI=1S/C13H27N3O2/c1-4-9-16(10-7-12(17)14-5-2)11-8-13(18)15-6-3/h4-11H2,1-3H3,(H,14,17)(H,15,18). The van der Waals surface area contributed by atoms with Crippen molar-refractivity contribution >= 4 is 11.8 Å². The predicted molar refractivity (Wildman–Crippen MR) is 73.3 cm³/mol. The van der Waals surface area contributed by atoms with Crippen LogP contribution in [0.4, 0.5) is 0 Å². The average Bonchev–Trinajstić information content (AvgIpc) is 2.33. The Morgan fingerprint density at radius 2 is 1.28 bits per heavy atom. The number of nitrogens with one attached hydrogen (secondary N) is 2. The summed E-state index contributed by atoms with van der Waals surface area (Å²) in [7, 11) is 0. The van der Waals surface area contributed by atoms with Crippen LogP contribution < -0.4 is 10.6 Å². The zero-order valence-corrected chi connectivity index (χ0v) is 11.9. The number of hydrogen-bond donors (Lipinski definition) is 2. The molecule has 5 heteroatoms. The summed E-state index contributed by atoms with van der Waals surface area (Å²) in [6, 6.07) is 0. The molecule has 0 aliphatic carbocycles. The Morgan fingerprint density at radius 3 is 1.61 bits per heavy atom. The smallest absolute Gasteiger partial charge is 0.221 e. The van der Waals surface area contributed by atoms with Crippen LogP contribution in [0, 0.1) is 0 Å². The molecule has 106 valence electrons. The van der Waals surface area contributed by atoms with Crippen LogP contribution in [0.1, 0.15) is 40.0 Å². The van der Waals surface area contributed by atoms with Gasteiger partial charge < -0.3 is 15.5 Å². The van der Waals surface area contributed by atoms with Crippen LogP contribution in [0.5, 0.6) is 0 Å². The second kappa shape index (κ2) is 11.0. The first-order chi connectivity index (χ1) is 8.63. The molecule has 0 atom stereocenters. The third-order valence-electron chi connectivity index (χ3n) is 2.60. The molecule has 0 radical (unpaired) electrons. The summed E-state index contributed by atoms with van der Waals surface area (Å²) in [6.45, 7) is 9.65. The Morgan fingerprint density at radius 1 is 0.833 bits per heavy atom. The highest BCUT2D eigenvalue weighted by Crippen LogP contribution is 1.97. The second-order valence-electron chi connectivity index (χ2n) is 4.25. The molecule has 0 aliphatic heterocycles. The summed E-state index contributed by atoms with van der Waals surface area (Å²) in [4.78, 5) is 24.9. The van der Waals surface area contributed by atoms with Crippen molar-refractivity contribution in [3.05, 3.63) is 0 Å². The number of rotatable bonds is 10. The summed E-state index contributed by atoms with van der Waals surface area (Å²) in [5.74, 6) is 0.160. The van der Waals surface area contributed by atoms with E-state index in [2.05, 4.69) is 22.5 Å². The normalized spacial score (nSPS) is 10.4. The fourth-order valence-electron chi connectivity index (χ4n) is 1.74. The van der Waals surface area contributed by atoms with Gasteiger partial charge in [0.25, 0.3) is 0 Å². The summed E-state index contributed by atoms with van der Waals surface area (Å²) in [5.41, 5.74) is 0.